The fourth-order valence-corrected chi connectivity index (χ4v) is 3.24. The molecule has 0 aliphatic carbocycles. The summed E-state index contributed by atoms with van der Waals surface area (Å²) in [7, 11) is 2.00. The van der Waals surface area contributed by atoms with Gasteiger partial charge in [-0.25, -0.2) is 13.1 Å². The average molecular weight is 307 g/mol. The highest BCUT2D eigenvalue weighted by atomic mass is 32.2. The molecule has 1 fully saturated rings. The Labute approximate surface area is 121 Å². The first-order chi connectivity index (χ1) is 9.34. The van der Waals surface area contributed by atoms with Crippen molar-refractivity contribution in [3.8, 4) is 0 Å². The minimum Gasteiger partial charge on any atom is -0.469 e. The van der Waals surface area contributed by atoms with Crippen LogP contribution in [0.4, 0.5) is 0 Å². The van der Waals surface area contributed by atoms with Crippen LogP contribution in [0.2, 0.25) is 0 Å². The van der Waals surface area contributed by atoms with E-state index in [0.29, 0.717) is 6.54 Å². The van der Waals surface area contributed by atoms with E-state index in [1.165, 1.54) is 7.11 Å². The number of methoxy groups -OCH3 is 1. The zero-order chi connectivity index (χ0) is 15.2. The quantitative estimate of drug-likeness (QED) is 0.615. The van der Waals surface area contributed by atoms with Crippen LogP contribution >= 0.6 is 0 Å². The molecule has 1 rings (SSSR count). The van der Waals surface area contributed by atoms with Crippen LogP contribution in [0, 0.1) is 0 Å². The standard InChI is InChI=1S/C12H25N3O4S/c1-14-6-7-15(2)11(10-14)9-13-20(17,18)8-4-5-12(16)19-3/h11,13H,4-10H2,1-3H3. The summed E-state index contributed by atoms with van der Waals surface area (Å²) in [4.78, 5) is 15.3. The van der Waals surface area contributed by atoms with Crippen molar-refractivity contribution < 1.29 is 17.9 Å². The van der Waals surface area contributed by atoms with E-state index in [2.05, 4.69) is 19.3 Å². The second-order valence-electron chi connectivity index (χ2n) is 5.24. The molecule has 0 aromatic rings. The highest BCUT2D eigenvalue weighted by molar-refractivity contribution is 7.89. The molecule has 1 atom stereocenters. The molecule has 0 aromatic heterocycles. The van der Waals surface area contributed by atoms with Gasteiger partial charge in [0.25, 0.3) is 0 Å². The van der Waals surface area contributed by atoms with Crippen molar-refractivity contribution >= 4 is 16.0 Å². The summed E-state index contributed by atoms with van der Waals surface area (Å²) < 4.78 is 30.8. The molecular weight excluding hydrogens is 282 g/mol. The van der Waals surface area contributed by atoms with E-state index in [1.54, 1.807) is 0 Å². The Morgan fingerprint density at radius 1 is 1.35 bits per heavy atom. The fourth-order valence-electron chi connectivity index (χ4n) is 2.13. The van der Waals surface area contributed by atoms with Crippen LogP contribution in [-0.2, 0) is 19.6 Å². The van der Waals surface area contributed by atoms with E-state index in [9.17, 15) is 13.2 Å². The Kier molecular flexibility index (Phi) is 6.87. The lowest BCUT2D eigenvalue weighted by atomic mass is 10.2. The molecule has 0 amide bonds. The lowest BCUT2D eigenvalue weighted by Crippen LogP contribution is -2.54. The normalized spacial score (nSPS) is 21.9. The van der Waals surface area contributed by atoms with Crippen molar-refractivity contribution in [1.29, 1.82) is 0 Å². The number of carbonyl (C=O) groups is 1. The van der Waals surface area contributed by atoms with E-state index in [1.807, 2.05) is 14.1 Å². The average Bonchev–Trinajstić information content (AvgIpc) is 2.39. The van der Waals surface area contributed by atoms with Crippen molar-refractivity contribution in [2.75, 3.05) is 53.1 Å². The van der Waals surface area contributed by atoms with Gasteiger partial charge < -0.3 is 9.64 Å². The maximum absolute atomic E-state index is 11.8. The third-order valence-corrected chi connectivity index (χ3v) is 4.97. The summed E-state index contributed by atoms with van der Waals surface area (Å²) in [6.07, 6.45) is 0.409. The predicted octanol–water partition coefficient (Wildman–Crippen LogP) is -0.895. The lowest BCUT2D eigenvalue weighted by Gasteiger charge is -2.37. The monoisotopic (exact) mass is 307 g/mol. The van der Waals surface area contributed by atoms with Crippen LogP contribution in [0.5, 0.6) is 0 Å². The number of esters is 1. The third-order valence-electron chi connectivity index (χ3n) is 3.54. The van der Waals surface area contributed by atoms with Crippen molar-refractivity contribution in [3.05, 3.63) is 0 Å². The van der Waals surface area contributed by atoms with Crippen LogP contribution in [0.3, 0.4) is 0 Å². The van der Waals surface area contributed by atoms with Crippen molar-refractivity contribution in [1.82, 2.24) is 14.5 Å². The number of carbonyl (C=O) groups excluding carboxylic acids is 1. The minimum atomic E-state index is -3.33. The summed E-state index contributed by atoms with van der Waals surface area (Å²) in [5.74, 6) is -0.428. The first kappa shape index (κ1) is 17.4. The number of nitrogens with zero attached hydrogens (tertiary/aromatic N) is 2. The highest BCUT2D eigenvalue weighted by Gasteiger charge is 2.23. The molecule has 1 N–H and O–H groups in total. The Morgan fingerprint density at radius 3 is 2.70 bits per heavy atom. The largest absolute Gasteiger partial charge is 0.469 e. The summed E-state index contributed by atoms with van der Waals surface area (Å²) in [5.41, 5.74) is 0. The molecule has 1 aliphatic heterocycles. The van der Waals surface area contributed by atoms with Gasteiger partial charge in [0, 0.05) is 38.6 Å². The van der Waals surface area contributed by atoms with Gasteiger partial charge in [0.2, 0.25) is 10.0 Å². The van der Waals surface area contributed by atoms with Gasteiger partial charge >= 0.3 is 5.97 Å². The van der Waals surface area contributed by atoms with E-state index in [-0.39, 0.29) is 30.6 Å². The molecule has 20 heavy (non-hydrogen) atoms. The first-order valence-electron chi connectivity index (χ1n) is 6.77. The maximum Gasteiger partial charge on any atom is 0.305 e. The SMILES string of the molecule is COC(=O)CCCS(=O)(=O)NCC1CN(C)CCN1C. The van der Waals surface area contributed by atoms with Gasteiger partial charge in [0.1, 0.15) is 0 Å². The molecule has 0 aromatic carbocycles. The zero-order valence-corrected chi connectivity index (χ0v) is 13.3. The number of hydrogen-bond acceptors (Lipinski definition) is 6. The molecular formula is C12H25N3O4S. The lowest BCUT2D eigenvalue weighted by molar-refractivity contribution is -0.140. The maximum atomic E-state index is 11.8. The molecule has 0 saturated carbocycles. The fraction of sp³-hybridized carbons (Fsp3) is 0.917. The second kappa shape index (κ2) is 7.92. The summed E-state index contributed by atoms with van der Waals surface area (Å²) in [6.45, 7) is 3.19. The van der Waals surface area contributed by atoms with Crippen molar-refractivity contribution in [3.63, 3.8) is 0 Å². The molecule has 0 spiro atoms. The molecule has 8 heteroatoms. The molecule has 118 valence electrons. The summed E-state index contributed by atoms with van der Waals surface area (Å²) >= 11 is 0. The van der Waals surface area contributed by atoms with Gasteiger partial charge in [-0.1, -0.05) is 0 Å². The first-order valence-corrected chi connectivity index (χ1v) is 8.42. The van der Waals surface area contributed by atoms with E-state index >= 15 is 0 Å². The summed E-state index contributed by atoms with van der Waals surface area (Å²) in [6, 6.07) is 0.184. The smallest absolute Gasteiger partial charge is 0.305 e. The topological polar surface area (TPSA) is 78.9 Å². The van der Waals surface area contributed by atoms with Gasteiger partial charge in [-0.05, 0) is 20.5 Å². The van der Waals surface area contributed by atoms with Crippen LogP contribution in [0.15, 0.2) is 0 Å². The molecule has 1 unspecified atom stereocenters. The molecule has 0 radical (unpaired) electrons. The highest BCUT2D eigenvalue weighted by Crippen LogP contribution is 2.05. The van der Waals surface area contributed by atoms with E-state index < -0.39 is 10.0 Å². The zero-order valence-electron chi connectivity index (χ0n) is 12.5. The number of likely N-dealkylation sites (N-methyl/N-ethyl adjacent to an activating group) is 2. The van der Waals surface area contributed by atoms with Crippen LogP contribution in [-0.4, -0.2) is 83.4 Å². The third kappa shape index (κ3) is 6.17. The number of sulfonamides is 1. The molecule has 1 saturated heterocycles. The van der Waals surface area contributed by atoms with Crippen molar-refractivity contribution in [2.45, 2.75) is 18.9 Å². The number of hydrogen-bond donors (Lipinski definition) is 1. The predicted molar refractivity (Wildman–Crippen MR) is 77.0 cm³/mol. The molecule has 1 aliphatic rings. The number of piperazine rings is 1. The molecule has 1 heterocycles. The van der Waals surface area contributed by atoms with Gasteiger partial charge in [-0.3, -0.25) is 9.69 Å². The Balaban J connectivity index is 2.33. The van der Waals surface area contributed by atoms with Crippen LogP contribution < -0.4 is 4.72 Å². The van der Waals surface area contributed by atoms with Gasteiger partial charge in [-0.15, -0.1) is 0 Å². The van der Waals surface area contributed by atoms with E-state index in [4.69, 9.17) is 0 Å². The van der Waals surface area contributed by atoms with Crippen molar-refractivity contribution in [2.24, 2.45) is 0 Å². The van der Waals surface area contributed by atoms with Gasteiger partial charge in [0.05, 0.1) is 12.9 Å². The van der Waals surface area contributed by atoms with Crippen LogP contribution in [0.1, 0.15) is 12.8 Å². The molecule has 7 nitrogen and oxygen atoms in total. The number of ether oxygens (including phenoxy) is 1. The Morgan fingerprint density at radius 2 is 2.05 bits per heavy atom. The van der Waals surface area contributed by atoms with Gasteiger partial charge in [0.15, 0.2) is 0 Å². The number of nitrogens with one attached hydrogen (secondary N) is 1. The number of rotatable bonds is 7. The van der Waals surface area contributed by atoms with E-state index in [0.717, 1.165) is 19.6 Å². The molecule has 0 bridgehead atoms. The Bertz CT molecular complexity index is 413. The van der Waals surface area contributed by atoms with Crippen LogP contribution in [0.25, 0.3) is 0 Å². The minimum absolute atomic E-state index is 0.0472. The second-order valence-corrected chi connectivity index (χ2v) is 7.17. The van der Waals surface area contributed by atoms with Gasteiger partial charge in [-0.2, -0.15) is 0 Å². The summed E-state index contributed by atoms with van der Waals surface area (Å²) in [5, 5.41) is 0. The Hall–Kier alpha value is -0.700.